The van der Waals surface area contributed by atoms with Gasteiger partial charge < -0.3 is 26.0 Å². The summed E-state index contributed by atoms with van der Waals surface area (Å²) in [4.78, 5) is 37.7. The van der Waals surface area contributed by atoms with Gasteiger partial charge in [-0.3, -0.25) is 9.59 Å². The van der Waals surface area contributed by atoms with Crippen molar-refractivity contribution in [2.45, 2.75) is 39.7 Å². The molecule has 4 N–H and O–H groups in total. The summed E-state index contributed by atoms with van der Waals surface area (Å²) in [6.07, 6.45) is 0.498. The zero-order valence-corrected chi connectivity index (χ0v) is 20.1. The lowest BCUT2D eigenvalue weighted by Crippen LogP contribution is -2.34. The van der Waals surface area contributed by atoms with Crippen molar-refractivity contribution in [1.29, 1.82) is 0 Å². The zero-order valence-electron chi connectivity index (χ0n) is 20.1. The molecule has 3 atom stereocenters. The third-order valence-electron chi connectivity index (χ3n) is 6.75. The van der Waals surface area contributed by atoms with Crippen LogP contribution in [0.3, 0.4) is 0 Å². The molecule has 3 heterocycles. The lowest BCUT2D eigenvalue weighted by Gasteiger charge is -2.24. The molecule has 2 amide bonds. The third-order valence-corrected chi connectivity index (χ3v) is 6.75. The highest BCUT2D eigenvalue weighted by molar-refractivity contribution is 5.96. The maximum Gasteiger partial charge on any atom is 0.257 e. The minimum absolute atomic E-state index is 0.00789. The topological polar surface area (TPSA) is 125 Å². The molecule has 1 aromatic heterocycles. The van der Waals surface area contributed by atoms with Gasteiger partial charge in [0.2, 0.25) is 11.9 Å². The van der Waals surface area contributed by atoms with Crippen LogP contribution in [0.1, 0.15) is 40.7 Å². The Balaban J connectivity index is 1.39. The second-order valence-corrected chi connectivity index (χ2v) is 9.59. The molecule has 0 radical (unpaired) electrons. The molecular formula is C25H34N6O3. The van der Waals surface area contributed by atoms with Crippen molar-refractivity contribution in [2.75, 3.05) is 42.9 Å². The molecule has 0 aliphatic carbocycles. The number of rotatable bonds is 8. The van der Waals surface area contributed by atoms with Gasteiger partial charge in [0, 0.05) is 56.7 Å². The fourth-order valence-corrected chi connectivity index (χ4v) is 5.05. The number of nitrogens with one attached hydrogen (secondary N) is 1. The first kappa shape index (κ1) is 23.9. The first-order valence-corrected chi connectivity index (χ1v) is 11.9. The predicted octanol–water partition coefficient (Wildman–Crippen LogP) is 1.51. The van der Waals surface area contributed by atoms with E-state index >= 15 is 0 Å². The molecule has 0 spiro atoms. The van der Waals surface area contributed by atoms with E-state index in [0.29, 0.717) is 54.1 Å². The van der Waals surface area contributed by atoms with Gasteiger partial charge >= 0.3 is 0 Å². The number of aryl methyl sites for hydroxylation is 3. The number of carbonyl (C=O) groups excluding carboxylic acids is 2. The molecule has 1 aromatic carbocycles. The van der Waals surface area contributed by atoms with Gasteiger partial charge in [-0.2, -0.15) is 0 Å². The van der Waals surface area contributed by atoms with Crippen molar-refractivity contribution in [3.05, 3.63) is 46.8 Å². The van der Waals surface area contributed by atoms with Gasteiger partial charge in [0.25, 0.3) is 5.91 Å². The van der Waals surface area contributed by atoms with Crippen LogP contribution in [0.4, 0.5) is 11.6 Å². The van der Waals surface area contributed by atoms with Crippen molar-refractivity contribution in [2.24, 2.45) is 17.6 Å². The molecule has 2 aliphatic rings. The number of nitrogens with zero attached hydrogens (tertiary/aromatic N) is 4. The van der Waals surface area contributed by atoms with E-state index in [9.17, 15) is 14.7 Å². The molecule has 0 saturated carbocycles. The molecule has 2 saturated heterocycles. The standard InChI is InChI=1S/C25H34N6O3/c1-15(32)10-27-25-28-16(2)23(17(3)29-25)24(34)31-13-19-11-30(12-20(19)14-31)21-6-4-5-18(9-21)7-8-22(26)33/h4-6,9,15,19-20,32H,7-8,10-14H2,1-3H3,(H2,26,33)(H,27,28,29). The molecule has 2 aliphatic heterocycles. The largest absolute Gasteiger partial charge is 0.392 e. The summed E-state index contributed by atoms with van der Waals surface area (Å²) < 4.78 is 0. The van der Waals surface area contributed by atoms with Gasteiger partial charge in [-0.25, -0.2) is 9.97 Å². The second-order valence-electron chi connectivity index (χ2n) is 9.59. The van der Waals surface area contributed by atoms with Crippen LogP contribution in [-0.4, -0.2) is 70.6 Å². The predicted molar refractivity (Wildman–Crippen MR) is 131 cm³/mol. The molecule has 4 rings (SSSR count). The number of aliphatic hydroxyl groups excluding tert-OH is 1. The van der Waals surface area contributed by atoms with Crippen LogP contribution in [0.5, 0.6) is 0 Å². The molecule has 2 fully saturated rings. The van der Waals surface area contributed by atoms with E-state index in [1.807, 2.05) is 30.9 Å². The molecular weight excluding hydrogens is 432 g/mol. The fraction of sp³-hybridized carbons (Fsp3) is 0.520. The number of hydrogen-bond acceptors (Lipinski definition) is 7. The van der Waals surface area contributed by atoms with Crippen LogP contribution in [0.15, 0.2) is 24.3 Å². The van der Waals surface area contributed by atoms with Gasteiger partial charge in [0.15, 0.2) is 0 Å². The van der Waals surface area contributed by atoms with Gasteiger partial charge in [-0.15, -0.1) is 0 Å². The average molecular weight is 467 g/mol. The number of anilines is 2. The van der Waals surface area contributed by atoms with Crippen LogP contribution >= 0.6 is 0 Å². The molecule has 9 heteroatoms. The quantitative estimate of drug-likeness (QED) is 0.539. The Labute approximate surface area is 200 Å². The summed E-state index contributed by atoms with van der Waals surface area (Å²) in [5, 5.41) is 12.5. The Bertz CT molecular complexity index is 1040. The van der Waals surface area contributed by atoms with Gasteiger partial charge in [-0.05, 0) is 44.9 Å². The lowest BCUT2D eigenvalue weighted by atomic mass is 10.0. The number of carbonyl (C=O) groups is 2. The third kappa shape index (κ3) is 5.30. The molecule has 0 bridgehead atoms. The normalized spacial score (nSPS) is 20.4. The summed E-state index contributed by atoms with van der Waals surface area (Å²) in [5.41, 5.74) is 9.44. The van der Waals surface area contributed by atoms with Crippen LogP contribution < -0.4 is 16.0 Å². The second kappa shape index (κ2) is 9.97. The maximum atomic E-state index is 13.4. The number of amides is 2. The molecule has 182 valence electrons. The van der Waals surface area contributed by atoms with E-state index in [1.54, 1.807) is 6.92 Å². The number of likely N-dealkylation sites (tertiary alicyclic amines) is 1. The zero-order chi connectivity index (χ0) is 24.4. The maximum absolute atomic E-state index is 13.4. The average Bonchev–Trinajstić information content (AvgIpc) is 3.35. The van der Waals surface area contributed by atoms with E-state index in [0.717, 1.165) is 37.4 Å². The molecule has 9 nitrogen and oxygen atoms in total. The first-order chi connectivity index (χ1) is 16.2. The van der Waals surface area contributed by atoms with Gasteiger partial charge in [0.1, 0.15) is 0 Å². The highest BCUT2D eigenvalue weighted by Gasteiger charge is 2.42. The van der Waals surface area contributed by atoms with Crippen LogP contribution in [-0.2, 0) is 11.2 Å². The van der Waals surface area contributed by atoms with E-state index in [4.69, 9.17) is 5.73 Å². The Hall–Kier alpha value is -3.20. The van der Waals surface area contributed by atoms with Gasteiger partial charge in [-0.1, -0.05) is 12.1 Å². The Morgan fingerprint density at radius 1 is 1.15 bits per heavy atom. The SMILES string of the molecule is Cc1nc(NCC(C)O)nc(C)c1C(=O)N1CC2CN(c3cccc(CCC(N)=O)c3)CC2C1. The summed E-state index contributed by atoms with van der Waals surface area (Å²) in [6.45, 7) is 8.97. The van der Waals surface area contributed by atoms with Crippen LogP contribution in [0.2, 0.25) is 0 Å². The summed E-state index contributed by atoms with van der Waals surface area (Å²) in [6, 6.07) is 8.31. The number of fused-ring (bicyclic) bond motifs is 1. The molecule has 2 aromatic rings. The monoisotopic (exact) mass is 466 g/mol. The highest BCUT2D eigenvalue weighted by atomic mass is 16.3. The number of nitrogens with two attached hydrogens (primary N) is 1. The van der Waals surface area contributed by atoms with Crippen LogP contribution in [0, 0.1) is 25.7 Å². The lowest BCUT2D eigenvalue weighted by molar-refractivity contribution is -0.117. The minimum Gasteiger partial charge on any atom is -0.392 e. The van der Waals surface area contributed by atoms with Crippen molar-refractivity contribution < 1.29 is 14.7 Å². The minimum atomic E-state index is -0.508. The van der Waals surface area contributed by atoms with Crippen molar-refractivity contribution >= 4 is 23.5 Å². The highest BCUT2D eigenvalue weighted by Crippen LogP contribution is 2.35. The van der Waals surface area contributed by atoms with E-state index in [2.05, 4.69) is 32.3 Å². The van der Waals surface area contributed by atoms with Crippen molar-refractivity contribution in [3.8, 4) is 0 Å². The van der Waals surface area contributed by atoms with E-state index in [1.165, 1.54) is 0 Å². The Kier molecular flexibility index (Phi) is 7.02. The number of benzene rings is 1. The molecule has 34 heavy (non-hydrogen) atoms. The van der Waals surface area contributed by atoms with Crippen molar-refractivity contribution in [3.63, 3.8) is 0 Å². The van der Waals surface area contributed by atoms with Crippen LogP contribution in [0.25, 0.3) is 0 Å². The number of aromatic nitrogens is 2. The number of hydrogen-bond donors (Lipinski definition) is 3. The molecule has 3 unspecified atom stereocenters. The van der Waals surface area contributed by atoms with Gasteiger partial charge in [0.05, 0.1) is 23.1 Å². The summed E-state index contributed by atoms with van der Waals surface area (Å²) in [7, 11) is 0. The summed E-state index contributed by atoms with van der Waals surface area (Å²) in [5.74, 6) is 0.983. The summed E-state index contributed by atoms with van der Waals surface area (Å²) >= 11 is 0. The van der Waals surface area contributed by atoms with E-state index < -0.39 is 6.10 Å². The Morgan fingerprint density at radius 3 is 2.38 bits per heavy atom. The first-order valence-electron chi connectivity index (χ1n) is 11.9. The van der Waals surface area contributed by atoms with Crippen molar-refractivity contribution in [1.82, 2.24) is 14.9 Å². The fourth-order valence-electron chi connectivity index (χ4n) is 5.05. The number of aliphatic hydroxyl groups is 1. The number of primary amides is 1. The Morgan fingerprint density at radius 2 is 1.79 bits per heavy atom. The van der Waals surface area contributed by atoms with E-state index in [-0.39, 0.29) is 11.8 Å². The smallest absolute Gasteiger partial charge is 0.257 e.